The van der Waals surface area contributed by atoms with Gasteiger partial charge in [-0.2, -0.15) is 0 Å². The van der Waals surface area contributed by atoms with Crippen LogP contribution in [0, 0.1) is 0 Å². The van der Waals surface area contributed by atoms with Gasteiger partial charge in [-0.15, -0.1) is 0 Å². The molecule has 1 aromatic rings. The van der Waals surface area contributed by atoms with Crippen LogP contribution in [0.2, 0.25) is 0 Å². The lowest BCUT2D eigenvalue weighted by molar-refractivity contribution is 0.412. The molecule has 1 aliphatic rings. The summed E-state index contributed by atoms with van der Waals surface area (Å²) in [6.45, 7) is 0. The van der Waals surface area contributed by atoms with E-state index in [1.807, 2.05) is 7.05 Å². The summed E-state index contributed by atoms with van der Waals surface area (Å²) in [6, 6.07) is 0.494. The molecule has 1 aliphatic carbocycles. The molecule has 106 valence electrons. The molecule has 0 aliphatic heterocycles. The Hall–Kier alpha value is -1.52. The highest BCUT2D eigenvalue weighted by Gasteiger charge is 2.16. The van der Waals surface area contributed by atoms with Crippen molar-refractivity contribution >= 4 is 11.6 Å². The highest BCUT2D eigenvalue weighted by atomic mass is 16.5. The van der Waals surface area contributed by atoms with Crippen molar-refractivity contribution in [3.05, 3.63) is 6.33 Å². The minimum Gasteiger partial charge on any atom is -0.490 e. The van der Waals surface area contributed by atoms with Gasteiger partial charge in [0.05, 0.1) is 7.11 Å². The maximum absolute atomic E-state index is 5.41. The molecule has 0 unspecified atom stereocenters. The Labute approximate surface area is 115 Å². The maximum Gasteiger partial charge on any atom is 0.204 e. The Kier molecular flexibility index (Phi) is 5.24. The summed E-state index contributed by atoms with van der Waals surface area (Å²) < 4.78 is 5.41. The Morgan fingerprint density at radius 3 is 2.32 bits per heavy atom. The SMILES string of the molecule is CNc1ncnc(NC2CCCCCCC2)c1OC. The predicted molar refractivity (Wildman–Crippen MR) is 77.9 cm³/mol. The number of rotatable bonds is 4. The molecule has 0 aromatic carbocycles. The zero-order chi connectivity index (χ0) is 13.5. The number of nitrogens with zero attached hydrogens (tertiary/aromatic N) is 2. The minimum absolute atomic E-state index is 0.494. The molecule has 1 fully saturated rings. The van der Waals surface area contributed by atoms with E-state index in [2.05, 4.69) is 20.6 Å². The van der Waals surface area contributed by atoms with Gasteiger partial charge in [0.25, 0.3) is 0 Å². The van der Waals surface area contributed by atoms with Crippen LogP contribution < -0.4 is 15.4 Å². The van der Waals surface area contributed by atoms with Gasteiger partial charge in [-0.1, -0.05) is 32.1 Å². The zero-order valence-electron chi connectivity index (χ0n) is 11.9. The van der Waals surface area contributed by atoms with Gasteiger partial charge in [0.15, 0.2) is 11.6 Å². The minimum atomic E-state index is 0.494. The first-order valence-corrected chi connectivity index (χ1v) is 7.18. The first kappa shape index (κ1) is 13.9. The predicted octanol–water partition coefficient (Wildman–Crippen LogP) is 3.05. The van der Waals surface area contributed by atoms with Gasteiger partial charge < -0.3 is 15.4 Å². The average molecular weight is 264 g/mol. The van der Waals surface area contributed by atoms with E-state index in [9.17, 15) is 0 Å². The van der Waals surface area contributed by atoms with Crippen LogP contribution in [0.3, 0.4) is 0 Å². The van der Waals surface area contributed by atoms with Crippen LogP contribution in [-0.2, 0) is 0 Å². The topological polar surface area (TPSA) is 59.1 Å². The smallest absolute Gasteiger partial charge is 0.204 e. The molecule has 5 heteroatoms. The summed E-state index contributed by atoms with van der Waals surface area (Å²) in [6.07, 6.45) is 10.7. The summed E-state index contributed by atoms with van der Waals surface area (Å²) in [4.78, 5) is 8.49. The van der Waals surface area contributed by atoms with Crippen LogP contribution in [0.15, 0.2) is 6.33 Å². The lowest BCUT2D eigenvalue weighted by Crippen LogP contribution is -2.22. The Morgan fingerprint density at radius 2 is 1.68 bits per heavy atom. The van der Waals surface area contributed by atoms with Gasteiger partial charge in [-0.3, -0.25) is 0 Å². The molecule has 2 N–H and O–H groups in total. The van der Waals surface area contributed by atoms with Crippen LogP contribution >= 0.6 is 0 Å². The molecule has 0 amide bonds. The summed E-state index contributed by atoms with van der Waals surface area (Å²) in [5.41, 5.74) is 0. The van der Waals surface area contributed by atoms with Gasteiger partial charge in [-0.25, -0.2) is 9.97 Å². The zero-order valence-corrected chi connectivity index (χ0v) is 11.9. The van der Waals surface area contributed by atoms with Crippen LogP contribution in [0.4, 0.5) is 11.6 Å². The van der Waals surface area contributed by atoms with Gasteiger partial charge in [-0.05, 0) is 12.8 Å². The number of hydrogen-bond acceptors (Lipinski definition) is 5. The van der Waals surface area contributed by atoms with E-state index in [-0.39, 0.29) is 0 Å². The van der Waals surface area contributed by atoms with E-state index in [0.717, 1.165) is 11.6 Å². The fourth-order valence-corrected chi connectivity index (χ4v) is 2.64. The second-order valence-electron chi connectivity index (χ2n) is 5.04. The molecule has 1 aromatic heterocycles. The van der Waals surface area contributed by atoms with Crippen molar-refractivity contribution in [2.75, 3.05) is 24.8 Å². The van der Waals surface area contributed by atoms with E-state index >= 15 is 0 Å². The quantitative estimate of drug-likeness (QED) is 0.875. The number of aromatic nitrogens is 2. The van der Waals surface area contributed by atoms with Gasteiger partial charge >= 0.3 is 0 Å². The lowest BCUT2D eigenvalue weighted by atomic mass is 9.97. The summed E-state index contributed by atoms with van der Waals surface area (Å²) in [5, 5.41) is 6.56. The standard InChI is InChI=1S/C14H24N4O/c1-15-13-12(19-2)14(17-10-16-13)18-11-8-6-4-3-5-7-9-11/h10-11H,3-9H2,1-2H3,(H2,15,16,17,18). The fourth-order valence-electron chi connectivity index (χ4n) is 2.64. The molecule has 1 heterocycles. The van der Waals surface area contributed by atoms with Crippen molar-refractivity contribution in [3.63, 3.8) is 0 Å². The van der Waals surface area contributed by atoms with Crippen LogP contribution in [0.25, 0.3) is 0 Å². The van der Waals surface area contributed by atoms with Crippen LogP contribution in [0.1, 0.15) is 44.9 Å². The number of methoxy groups -OCH3 is 1. The Morgan fingerprint density at radius 1 is 1.05 bits per heavy atom. The molecule has 0 bridgehead atoms. The normalized spacial score (nSPS) is 17.4. The molecule has 0 atom stereocenters. The molecule has 2 rings (SSSR count). The average Bonchev–Trinajstić information content (AvgIpc) is 2.41. The maximum atomic E-state index is 5.41. The highest BCUT2D eigenvalue weighted by Crippen LogP contribution is 2.30. The van der Waals surface area contributed by atoms with E-state index in [4.69, 9.17) is 4.74 Å². The first-order chi connectivity index (χ1) is 9.35. The van der Waals surface area contributed by atoms with Crippen molar-refractivity contribution in [2.45, 2.75) is 51.0 Å². The van der Waals surface area contributed by atoms with Crippen molar-refractivity contribution in [1.82, 2.24) is 9.97 Å². The lowest BCUT2D eigenvalue weighted by Gasteiger charge is -2.22. The summed E-state index contributed by atoms with van der Waals surface area (Å²) in [7, 11) is 3.49. The summed E-state index contributed by atoms with van der Waals surface area (Å²) in [5.74, 6) is 2.23. The monoisotopic (exact) mass is 264 g/mol. The molecular weight excluding hydrogens is 240 g/mol. The van der Waals surface area contributed by atoms with Crippen molar-refractivity contribution in [3.8, 4) is 5.75 Å². The largest absolute Gasteiger partial charge is 0.490 e. The van der Waals surface area contributed by atoms with Gasteiger partial charge in [0, 0.05) is 13.1 Å². The first-order valence-electron chi connectivity index (χ1n) is 7.18. The second kappa shape index (κ2) is 7.16. The third kappa shape index (κ3) is 3.72. The number of nitrogens with one attached hydrogen (secondary N) is 2. The van der Waals surface area contributed by atoms with Crippen LogP contribution in [0.5, 0.6) is 5.75 Å². The molecule has 19 heavy (non-hydrogen) atoms. The molecule has 0 spiro atoms. The van der Waals surface area contributed by atoms with Crippen molar-refractivity contribution in [2.24, 2.45) is 0 Å². The van der Waals surface area contributed by atoms with Crippen LogP contribution in [-0.4, -0.2) is 30.2 Å². The van der Waals surface area contributed by atoms with E-state index < -0.39 is 0 Å². The molecule has 1 saturated carbocycles. The summed E-state index contributed by atoms with van der Waals surface area (Å²) >= 11 is 0. The van der Waals surface area contributed by atoms with Gasteiger partial charge in [0.1, 0.15) is 6.33 Å². The molecular formula is C14H24N4O. The number of ether oxygens (including phenoxy) is 1. The van der Waals surface area contributed by atoms with E-state index in [1.165, 1.54) is 44.9 Å². The Balaban J connectivity index is 2.08. The van der Waals surface area contributed by atoms with E-state index in [0.29, 0.717) is 11.8 Å². The molecule has 0 saturated heterocycles. The third-order valence-corrected chi connectivity index (χ3v) is 3.69. The molecule has 5 nitrogen and oxygen atoms in total. The number of hydrogen-bond donors (Lipinski definition) is 2. The highest BCUT2D eigenvalue weighted by molar-refractivity contribution is 5.63. The van der Waals surface area contributed by atoms with Crippen molar-refractivity contribution in [1.29, 1.82) is 0 Å². The fraction of sp³-hybridized carbons (Fsp3) is 0.714. The second-order valence-corrected chi connectivity index (χ2v) is 5.04. The van der Waals surface area contributed by atoms with E-state index in [1.54, 1.807) is 13.4 Å². The third-order valence-electron chi connectivity index (χ3n) is 3.69. The van der Waals surface area contributed by atoms with Crippen molar-refractivity contribution < 1.29 is 4.74 Å². The Bertz CT molecular complexity index is 389. The molecule has 0 radical (unpaired) electrons. The number of anilines is 2. The van der Waals surface area contributed by atoms with Gasteiger partial charge in [0.2, 0.25) is 5.75 Å².